The van der Waals surface area contributed by atoms with Crippen molar-refractivity contribution < 1.29 is 19.1 Å². The minimum atomic E-state index is -1.25. The molecule has 0 unspecified atom stereocenters. The summed E-state index contributed by atoms with van der Waals surface area (Å²) < 4.78 is 5.46. The van der Waals surface area contributed by atoms with Crippen LogP contribution in [0.3, 0.4) is 0 Å². The average molecular weight is 450 g/mol. The third-order valence-electron chi connectivity index (χ3n) is 6.72. The number of nitrogens with one attached hydrogen (secondary N) is 1. The van der Waals surface area contributed by atoms with Crippen molar-refractivity contribution in [3.05, 3.63) is 60.2 Å². The first-order valence-electron chi connectivity index (χ1n) is 11.5. The SMILES string of the molecule is CCC[C@]1(C(=O)OCC)N[C@@H](c2ccc(N(C)C)cc2)[C@H]2C(=O)N(c3ccccc3)C(=O)[C@H]21. The van der Waals surface area contributed by atoms with Gasteiger partial charge in [0.1, 0.15) is 5.54 Å². The molecule has 2 fully saturated rings. The van der Waals surface area contributed by atoms with E-state index in [1.165, 1.54) is 4.90 Å². The molecule has 0 bridgehead atoms. The van der Waals surface area contributed by atoms with Crippen molar-refractivity contribution in [2.24, 2.45) is 11.8 Å². The van der Waals surface area contributed by atoms with Gasteiger partial charge in [0.2, 0.25) is 11.8 Å². The van der Waals surface area contributed by atoms with Crippen LogP contribution in [0.4, 0.5) is 11.4 Å². The number of rotatable bonds is 7. The van der Waals surface area contributed by atoms with E-state index in [0.717, 1.165) is 11.3 Å². The van der Waals surface area contributed by atoms with Crippen LogP contribution in [0.2, 0.25) is 0 Å². The van der Waals surface area contributed by atoms with Crippen LogP contribution in [0.15, 0.2) is 54.6 Å². The summed E-state index contributed by atoms with van der Waals surface area (Å²) in [4.78, 5) is 44.1. The van der Waals surface area contributed by atoms with Crippen molar-refractivity contribution in [3.63, 3.8) is 0 Å². The number of anilines is 2. The number of para-hydroxylation sites is 1. The lowest BCUT2D eigenvalue weighted by atomic mass is 9.77. The third-order valence-corrected chi connectivity index (χ3v) is 6.72. The summed E-state index contributed by atoms with van der Waals surface area (Å²) in [7, 11) is 3.92. The van der Waals surface area contributed by atoms with Crippen LogP contribution < -0.4 is 15.1 Å². The molecule has 0 spiro atoms. The summed E-state index contributed by atoms with van der Waals surface area (Å²) in [5.41, 5.74) is 1.17. The average Bonchev–Trinajstić information content (AvgIpc) is 3.29. The second-order valence-corrected chi connectivity index (χ2v) is 8.90. The molecule has 4 rings (SSSR count). The second-order valence-electron chi connectivity index (χ2n) is 8.90. The molecule has 2 aliphatic rings. The van der Waals surface area contributed by atoms with E-state index in [0.29, 0.717) is 18.5 Å². The van der Waals surface area contributed by atoms with Crippen LogP contribution in [-0.4, -0.2) is 44.0 Å². The Kier molecular flexibility index (Phi) is 6.26. The zero-order chi connectivity index (χ0) is 23.8. The Bertz CT molecular complexity index is 1040. The fraction of sp³-hybridized carbons (Fsp3) is 0.423. The maximum atomic E-state index is 13.8. The highest BCUT2D eigenvalue weighted by Crippen LogP contribution is 2.51. The first-order valence-corrected chi connectivity index (χ1v) is 11.5. The molecule has 0 aliphatic carbocycles. The highest BCUT2D eigenvalue weighted by Gasteiger charge is 2.68. The summed E-state index contributed by atoms with van der Waals surface area (Å²) in [5.74, 6) is -2.63. The Balaban J connectivity index is 1.83. The molecule has 2 heterocycles. The summed E-state index contributed by atoms with van der Waals surface area (Å²) in [6, 6.07) is 16.3. The Labute approximate surface area is 194 Å². The first-order chi connectivity index (χ1) is 15.9. The van der Waals surface area contributed by atoms with Gasteiger partial charge in [-0.1, -0.05) is 43.7 Å². The molecule has 2 aromatic carbocycles. The highest BCUT2D eigenvalue weighted by molar-refractivity contribution is 6.24. The van der Waals surface area contributed by atoms with Crippen molar-refractivity contribution in [2.45, 2.75) is 38.3 Å². The van der Waals surface area contributed by atoms with Crippen LogP contribution in [0.25, 0.3) is 0 Å². The zero-order valence-electron chi connectivity index (χ0n) is 19.6. The predicted octanol–water partition coefficient (Wildman–Crippen LogP) is 3.30. The first kappa shape index (κ1) is 23.0. The largest absolute Gasteiger partial charge is 0.465 e. The van der Waals surface area contributed by atoms with Crippen molar-refractivity contribution in [3.8, 4) is 0 Å². The smallest absolute Gasteiger partial charge is 0.327 e. The molecule has 0 radical (unpaired) electrons. The molecule has 2 aliphatic heterocycles. The highest BCUT2D eigenvalue weighted by atomic mass is 16.5. The van der Waals surface area contributed by atoms with Crippen LogP contribution in [-0.2, 0) is 19.1 Å². The fourth-order valence-corrected chi connectivity index (χ4v) is 5.27. The van der Waals surface area contributed by atoms with Gasteiger partial charge in [0.25, 0.3) is 0 Å². The van der Waals surface area contributed by atoms with Gasteiger partial charge in [-0.3, -0.25) is 19.7 Å². The van der Waals surface area contributed by atoms with E-state index in [4.69, 9.17) is 4.74 Å². The molecular weight excluding hydrogens is 418 g/mol. The van der Waals surface area contributed by atoms with Gasteiger partial charge in [0, 0.05) is 25.8 Å². The van der Waals surface area contributed by atoms with E-state index in [1.54, 1.807) is 31.2 Å². The number of ether oxygens (including phenoxy) is 1. The van der Waals surface area contributed by atoms with E-state index in [2.05, 4.69) is 5.32 Å². The fourth-order valence-electron chi connectivity index (χ4n) is 5.27. The lowest BCUT2D eigenvalue weighted by Gasteiger charge is -2.32. The number of hydrogen-bond donors (Lipinski definition) is 1. The molecule has 33 heavy (non-hydrogen) atoms. The van der Waals surface area contributed by atoms with Gasteiger partial charge in [0.05, 0.1) is 24.1 Å². The molecule has 7 heteroatoms. The number of fused-ring (bicyclic) bond motifs is 1. The van der Waals surface area contributed by atoms with Gasteiger partial charge >= 0.3 is 5.97 Å². The number of carbonyl (C=O) groups is 3. The van der Waals surface area contributed by atoms with Gasteiger partial charge in [-0.05, 0) is 43.2 Å². The van der Waals surface area contributed by atoms with Crippen LogP contribution in [0, 0.1) is 11.8 Å². The maximum absolute atomic E-state index is 13.8. The van der Waals surface area contributed by atoms with E-state index >= 15 is 0 Å². The molecule has 2 saturated heterocycles. The summed E-state index contributed by atoms with van der Waals surface area (Å²) >= 11 is 0. The minimum Gasteiger partial charge on any atom is -0.465 e. The zero-order valence-corrected chi connectivity index (χ0v) is 19.6. The molecular formula is C26H31N3O4. The number of amides is 2. The molecule has 0 aromatic heterocycles. The standard InChI is InChI=1S/C26H31N3O4/c1-5-16-26(25(32)33-6-2)21-20(22(27-26)17-12-14-18(15-13-17)28(3)4)23(30)29(24(21)31)19-10-8-7-9-11-19/h7-15,20-22,27H,5-6,16H2,1-4H3/t20-,21-,22-,26-/m0/s1. The van der Waals surface area contributed by atoms with Crippen LogP contribution >= 0.6 is 0 Å². The number of esters is 1. The number of nitrogens with zero attached hydrogens (tertiary/aromatic N) is 2. The summed E-state index contributed by atoms with van der Waals surface area (Å²) in [6.07, 6.45) is 1.06. The Morgan fingerprint density at radius 2 is 1.70 bits per heavy atom. The Hall–Kier alpha value is -3.19. The van der Waals surface area contributed by atoms with Gasteiger partial charge in [0.15, 0.2) is 0 Å². The van der Waals surface area contributed by atoms with Gasteiger partial charge in [-0.15, -0.1) is 0 Å². The summed E-state index contributed by atoms with van der Waals surface area (Å²) in [5, 5.41) is 3.43. The van der Waals surface area contributed by atoms with Gasteiger partial charge in [-0.2, -0.15) is 0 Å². The summed E-state index contributed by atoms with van der Waals surface area (Å²) in [6.45, 7) is 3.92. The molecule has 4 atom stereocenters. The van der Waals surface area contributed by atoms with E-state index < -0.39 is 29.4 Å². The number of hydrogen-bond acceptors (Lipinski definition) is 6. The molecule has 2 aromatic rings. The van der Waals surface area contributed by atoms with Crippen molar-refractivity contribution in [2.75, 3.05) is 30.5 Å². The van der Waals surface area contributed by atoms with Crippen molar-refractivity contribution in [1.29, 1.82) is 0 Å². The lowest BCUT2D eigenvalue weighted by molar-refractivity contribution is -0.155. The van der Waals surface area contributed by atoms with Crippen molar-refractivity contribution >= 4 is 29.2 Å². The van der Waals surface area contributed by atoms with Gasteiger partial charge in [-0.25, -0.2) is 4.90 Å². The van der Waals surface area contributed by atoms with E-state index in [-0.39, 0.29) is 18.4 Å². The topological polar surface area (TPSA) is 79.0 Å². The van der Waals surface area contributed by atoms with Gasteiger partial charge < -0.3 is 9.64 Å². The van der Waals surface area contributed by atoms with E-state index in [1.807, 2.05) is 56.3 Å². The number of benzene rings is 2. The monoisotopic (exact) mass is 449 g/mol. The van der Waals surface area contributed by atoms with Crippen LogP contribution in [0.5, 0.6) is 0 Å². The quantitative estimate of drug-likeness (QED) is 0.516. The number of carbonyl (C=O) groups excluding carboxylic acids is 3. The molecule has 0 saturated carbocycles. The van der Waals surface area contributed by atoms with E-state index in [9.17, 15) is 14.4 Å². The van der Waals surface area contributed by atoms with Crippen LogP contribution in [0.1, 0.15) is 38.3 Å². The molecule has 174 valence electrons. The Morgan fingerprint density at radius 3 is 2.27 bits per heavy atom. The molecule has 1 N–H and O–H groups in total. The second kappa shape index (κ2) is 8.98. The maximum Gasteiger partial charge on any atom is 0.327 e. The normalized spacial score (nSPS) is 26.4. The Morgan fingerprint density at radius 1 is 1.03 bits per heavy atom. The lowest BCUT2D eigenvalue weighted by Crippen LogP contribution is -2.56. The third kappa shape index (κ3) is 3.70. The number of imide groups is 1. The minimum absolute atomic E-state index is 0.204. The predicted molar refractivity (Wildman–Crippen MR) is 127 cm³/mol. The molecule has 2 amide bonds. The molecule has 7 nitrogen and oxygen atoms in total. The van der Waals surface area contributed by atoms with Crippen molar-refractivity contribution in [1.82, 2.24) is 5.32 Å².